The molecule has 0 aliphatic carbocycles. The minimum absolute atomic E-state index is 0. The summed E-state index contributed by atoms with van der Waals surface area (Å²) in [5.41, 5.74) is 0. The molecule has 0 saturated carbocycles. The van der Waals surface area contributed by atoms with Crippen molar-refractivity contribution in [3.63, 3.8) is 0 Å². The van der Waals surface area contributed by atoms with Crippen LogP contribution in [-0.2, 0) is 24.5 Å². The summed E-state index contributed by atoms with van der Waals surface area (Å²) in [5, 5.41) is 0. The topological polar surface area (TPSA) is 35.5 Å². The average Bonchev–Trinajstić information content (AvgIpc) is 2.36. The lowest BCUT2D eigenvalue weighted by Crippen LogP contribution is -3.00. The molecule has 1 unspecified atom stereocenters. The Labute approximate surface area is 133 Å². The summed E-state index contributed by atoms with van der Waals surface area (Å²) >= 11 is 3.31. The molecule has 0 radical (unpaired) electrons. The lowest BCUT2D eigenvalue weighted by atomic mass is 10.9. The summed E-state index contributed by atoms with van der Waals surface area (Å²) in [5.74, 6) is 6.90. The van der Waals surface area contributed by atoms with Crippen LogP contribution in [0.3, 0.4) is 0 Å². The van der Waals surface area contributed by atoms with Gasteiger partial charge in [-0.15, -0.1) is 0 Å². The van der Waals surface area contributed by atoms with E-state index in [9.17, 15) is 4.57 Å². The third-order valence-electron chi connectivity index (χ3n) is 2.20. The van der Waals surface area contributed by atoms with E-state index in [4.69, 9.17) is 9.05 Å². The van der Waals surface area contributed by atoms with Crippen LogP contribution in [0, 0.1) is 0 Å². The van der Waals surface area contributed by atoms with Gasteiger partial charge in [-0.3, -0.25) is 0 Å². The van der Waals surface area contributed by atoms with Crippen molar-refractivity contribution in [3.8, 4) is 0 Å². The molecular formula is C10H24BrO3PS3. The van der Waals surface area contributed by atoms with Gasteiger partial charge in [-0.2, -0.15) is 11.8 Å². The van der Waals surface area contributed by atoms with Gasteiger partial charge < -0.3 is 26.0 Å². The van der Waals surface area contributed by atoms with E-state index in [1.165, 1.54) is 48.6 Å². The van der Waals surface area contributed by atoms with E-state index in [0.717, 1.165) is 11.5 Å². The molecule has 0 rings (SSSR count). The zero-order chi connectivity index (χ0) is 13.1. The molecule has 18 heavy (non-hydrogen) atoms. The Bertz CT molecular complexity index is 226. The maximum absolute atomic E-state index is 11.8. The Morgan fingerprint density at radius 2 is 1.67 bits per heavy atom. The average molecular weight is 399 g/mol. The van der Waals surface area contributed by atoms with E-state index in [0.29, 0.717) is 10.9 Å². The second kappa shape index (κ2) is 13.7. The number of hydrogen-bond acceptors (Lipinski definition) is 5. The van der Waals surface area contributed by atoms with Crippen LogP contribution >= 0.6 is 29.9 Å². The van der Waals surface area contributed by atoms with Gasteiger partial charge in [0.2, 0.25) is 0 Å². The van der Waals surface area contributed by atoms with Crippen molar-refractivity contribution in [1.29, 1.82) is 0 Å². The molecule has 0 bridgehead atoms. The van der Waals surface area contributed by atoms with Crippen molar-refractivity contribution in [3.05, 3.63) is 0 Å². The van der Waals surface area contributed by atoms with Crippen LogP contribution in [-0.4, -0.2) is 48.7 Å². The monoisotopic (exact) mass is 398 g/mol. The molecule has 0 heterocycles. The summed E-state index contributed by atoms with van der Waals surface area (Å²) in [6, 6.07) is 0. The molecule has 0 amide bonds. The van der Waals surface area contributed by atoms with Gasteiger partial charge in [0, 0.05) is 25.7 Å². The van der Waals surface area contributed by atoms with E-state index in [-0.39, 0.29) is 17.0 Å². The predicted octanol–water partition coefficient (Wildman–Crippen LogP) is 0.516. The fourth-order valence-corrected chi connectivity index (χ4v) is 7.44. The summed E-state index contributed by atoms with van der Waals surface area (Å²) < 4.78 is 21.6. The highest BCUT2D eigenvalue weighted by Gasteiger charge is 2.24. The quantitative estimate of drug-likeness (QED) is 0.288. The first-order valence-corrected chi connectivity index (χ1v) is 11.7. The Morgan fingerprint density at radius 3 is 2.11 bits per heavy atom. The van der Waals surface area contributed by atoms with Gasteiger partial charge in [0.1, 0.15) is 17.3 Å². The number of rotatable bonds is 11. The van der Waals surface area contributed by atoms with Crippen molar-refractivity contribution < 1.29 is 30.6 Å². The van der Waals surface area contributed by atoms with E-state index < -0.39 is 6.80 Å². The van der Waals surface area contributed by atoms with Crippen molar-refractivity contribution in [2.45, 2.75) is 13.8 Å². The number of halogens is 1. The zero-order valence-electron chi connectivity index (χ0n) is 11.5. The molecule has 0 N–H and O–H groups in total. The van der Waals surface area contributed by atoms with Crippen LogP contribution in [0.4, 0.5) is 0 Å². The van der Waals surface area contributed by atoms with E-state index in [1.807, 2.05) is 11.8 Å². The van der Waals surface area contributed by atoms with Crippen molar-refractivity contribution in [1.82, 2.24) is 0 Å². The second-order valence-electron chi connectivity index (χ2n) is 3.15. The largest absolute Gasteiger partial charge is 1.00 e. The summed E-state index contributed by atoms with van der Waals surface area (Å²) in [4.78, 5) is 0. The second-order valence-corrected chi connectivity index (χ2v) is 11.6. The van der Waals surface area contributed by atoms with Gasteiger partial charge in [-0.25, -0.2) is 4.57 Å². The normalized spacial score (nSPS) is 13.1. The maximum Gasteiger partial charge on any atom is 0.388 e. The molecule has 112 valence electrons. The molecule has 0 aliphatic rings. The molecule has 3 nitrogen and oxygen atoms in total. The third-order valence-corrected chi connectivity index (χ3v) is 9.98. The highest BCUT2D eigenvalue weighted by molar-refractivity contribution is 8.55. The van der Waals surface area contributed by atoms with Gasteiger partial charge >= 0.3 is 6.80 Å². The first-order chi connectivity index (χ1) is 8.11. The Morgan fingerprint density at radius 1 is 1.11 bits per heavy atom. The number of hydrogen-bond donors (Lipinski definition) is 0. The molecule has 0 aromatic heterocycles. The molecule has 0 fully saturated rings. The van der Waals surface area contributed by atoms with Crippen LogP contribution in [0.2, 0.25) is 0 Å². The SMILES string of the molecule is CCSCC[S+](CC)CCSP(=O)(OC)OC.[Br-]. The standard InChI is InChI=1S/C10H24O3PS3.BrH/c1-5-15-7-9-17(6-2)10-8-16-14(11,12-3)13-4;/h5-10H2,1-4H3;1H/q+1;/p-1. The van der Waals surface area contributed by atoms with E-state index >= 15 is 0 Å². The van der Waals surface area contributed by atoms with Crippen LogP contribution in [0.5, 0.6) is 0 Å². The molecule has 0 aromatic carbocycles. The Kier molecular flexibility index (Phi) is 16.7. The molecule has 1 atom stereocenters. The zero-order valence-corrected chi connectivity index (χ0v) is 16.4. The van der Waals surface area contributed by atoms with Crippen molar-refractivity contribution in [2.75, 3.05) is 48.7 Å². The van der Waals surface area contributed by atoms with Gasteiger partial charge in [-0.05, 0) is 35.0 Å². The summed E-state index contributed by atoms with van der Waals surface area (Å²) in [6.07, 6.45) is 0. The minimum atomic E-state index is -2.86. The molecular weight excluding hydrogens is 375 g/mol. The Hall–Kier alpha value is 1.68. The fraction of sp³-hybridized carbons (Fsp3) is 1.00. The van der Waals surface area contributed by atoms with E-state index in [2.05, 4.69) is 13.8 Å². The highest BCUT2D eigenvalue weighted by atomic mass is 79.9. The lowest BCUT2D eigenvalue weighted by Gasteiger charge is -2.12. The molecule has 0 aromatic rings. The predicted molar refractivity (Wildman–Crippen MR) is 84.7 cm³/mol. The maximum atomic E-state index is 11.8. The lowest BCUT2D eigenvalue weighted by molar-refractivity contribution is -0.00000665. The van der Waals surface area contributed by atoms with Gasteiger partial charge in [0.15, 0.2) is 0 Å². The minimum Gasteiger partial charge on any atom is -1.00 e. The van der Waals surface area contributed by atoms with Crippen molar-refractivity contribution >= 4 is 40.8 Å². The van der Waals surface area contributed by atoms with Gasteiger partial charge in [0.25, 0.3) is 0 Å². The van der Waals surface area contributed by atoms with Gasteiger partial charge in [0.05, 0.1) is 0 Å². The number of thioether (sulfide) groups is 1. The fourth-order valence-electron chi connectivity index (χ4n) is 1.16. The van der Waals surface area contributed by atoms with Crippen LogP contribution in [0.25, 0.3) is 0 Å². The summed E-state index contributed by atoms with van der Waals surface area (Å²) in [7, 11) is 3.33. The molecule has 0 aliphatic heterocycles. The Balaban J connectivity index is 0. The molecule has 0 spiro atoms. The summed E-state index contributed by atoms with van der Waals surface area (Å²) in [6.45, 7) is 1.56. The van der Waals surface area contributed by atoms with Crippen molar-refractivity contribution in [2.24, 2.45) is 0 Å². The van der Waals surface area contributed by atoms with E-state index in [1.54, 1.807) is 0 Å². The highest BCUT2D eigenvalue weighted by Crippen LogP contribution is 2.59. The van der Waals surface area contributed by atoms with Crippen LogP contribution in [0.15, 0.2) is 0 Å². The smallest absolute Gasteiger partial charge is 0.388 e. The third kappa shape index (κ3) is 10.5. The molecule has 0 saturated heterocycles. The van der Waals surface area contributed by atoms with Gasteiger partial charge in [-0.1, -0.05) is 6.92 Å². The van der Waals surface area contributed by atoms with Crippen LogP contribution < -0.4 is 17.0 Å². The first-order valence-electron chi connectivity index (χ1n) is 5.69. The molecule has 8 heteroatoms. The first kappa shape index (κ1) is 22.0. The van der Waals surface area contributed by atoms with Crippen LogP contribution in [0.1, 0.15) is 13.8 Å².